The number of ether oxygens (including phenoxy) is 1. The molecule has 0 radical (unpaired) electrons. The molecule has 2 aromatic carbocycles. The van der Waals surface area contributed by atoms with E-state index in [1.165, 1.54) is 0 Å². The first-order valence-corrected chi connectivity index (χ1v) is 11.3. The molecule has 0 saturated heterocycles. The number of aryl methyl sites for hydroxylation is 1. The second kappa shape index (κ2) is 8.81. The highest BCUT2D eigenvalue weighted by molar-refractivity contribution is 5.94. The van der Waals surface area contributed by atoms with Gasteiger partial charge in [-0.3, -0.25) is 9.97 Å². The second-order valence-electron chi connectivity index (χ2n) is 8.25. The Balaban J connectivity index is 1.29. The standard InChI is InChI=1S/C28H19N7O/c1-17-13-21(9-11-30-17)36-26-8-7-25-28(34-26)35-27(33-25)19-3-2-4-20(15-19)32-24-10-12-31-23-6-5-18(16-29)14-22(23)24/h2-15H,1H3,(H,31,32)(H,33,34,35). The van der Waals surface area contributed by atoms with Gasteiger partial charge in [0.2, 0.25) is 5.88 Å². The Hall–Kier alpha value is -5.29. The normalized spacial score (nSPS) is 10.9. The van der Waals surface area contributed by atoms with E-state index in [0.717, 1.165) is 39.1 Å². The molecule has 0 aliphatic carbocycles. The van der Waals surface area contributed by atoms with Gasteiger partial charge in [0.05, 0.1) is 22.7 Å². The molecule has 6 rings (SSSR count). The molecule has 36 heavy (non-hydrogen) atoms. The van der Waals surface area contributed by atoms with Crippen LogP contribution in [0.3, 0.4) is 0 Å². The van der Waals surface area contributed by atoms with Crippen LogP contribution in [0.25, 0.3) is 33.5 Å². The second-order valence-corrected chi connectivity index (χ2v) is 8.25. The molecular weight excluding hydrogens is 450 g/mol. The molecule has 6 aromatic rings. The number of nitrogens with zero attached hydrogens (tertiary/aromatic N) is 5. The fourth-order valence-corrected chi connectivity index (χ4v) is 4.00. The van der Waals surface area contributed by atoms with Gasteiger partial charge in [0.15, 0.2) is 5.65 Å². The molecular formula is C28H19N7O. The number of rotatable bonds is 5. The zero-order valence-electron chi connectivity index (χ0n) is 19.2. The monoisotopic (exact) mass is 469 g/mol. The summed E-state index contributed by atoms with van der Waals surface area (Å²) in [6.45, 7) is 1.91. The summed E-state index contributed by atoms with van der Waals surface area (Å²) in [6, 6.07) is 24.8. The van der Waals surface area contributed by atoms with Crippen molar-refractivity contribution in [2.75, 3.05) is 5.32 Å². The molecule has 4 heterocycles. The van der Waals surface area contributed by atoms with Gasteiger partial charge < -0.3 is 15.0 Å². The van der Waals surface area contributed by atoms with Crippen molar-refractivity contribution in [3.8, 4) is 29.1 Å². The minimum absolute atomic E-state index is 0.461. The van der Waals surface area contributed by atoms with Crippen LogP contribution in [-0.4, -0.2) is 24.9 Å². The zero-order valence-corrected chi connectivity index (χ0v) is 19.2. The SMILES string of the molecule is Cc1cc(Oc2ccc3[nH]c(-c4cccc(Nc5ccnc6ccc(C#N)cc56)c4)nc3n2)ccn1. The Bertz CT molecular complexity index is 1790. The van der Waals surface area contributed by atoms with Crippen molar-refractivity contribution in [2.24, 2.45) is 0 Å². The summed E-state index contributed by atoms with van der Waals surface area (Å²) in [5.74, 6) is 1.83. The van der Waals surface area contributed by atoms with E-state index in [9.17, 15) is 5.26 Å². The molecule has 4 aromatic heterocycles. The number of nitrogens with one attached hydrogen (secondary N) is 2. The predicted octanol–water partition coefficient (Wildman–Crippen LogP) is 6.28. The van der Waals surface area contributed by atoms with Gasteiger partial charge in [-0.15, -0.1) is 0 Å². The first-order valence-electron chi connectivity index (χ1n) is 11.3. The number of benzene rings is 2. The van der Waals surface area contributed by atoms with Gasteiger partial charge in [-0.25, -0.2) is 4.98 Å². The Kier molecular flexibility index (Phi) is 5.20. The molecule has 0 fully saturated rings. The number of pyridine rings is 3. The average Bonchev–Trinajstić information content (AvgIpc) is 3.32. The number of H-pyrrole nitrogens is 1. The lowest BCUT2D eigenvalue weighted by molar-refractivity contribution is 0.463. The number of nitriles is 1. The van der Waals surface area contributed by atoms with Crippen LogP contribution in [-0.2, 0) is 0 Å². The molecule has 8 heteroatoms. The molecule has 0 aliphatic heterocycles. The molecule has 0 atom stereocenters. The van der Waals surface area contributed by atoms with Crippen molar-refractivity contribution < 1.29 is 4.74 Å². The molecule has 2 N–H and O–H groups in total. The molecule has 0 aliphatic rings. The van der Waals surface area contributed by atoms with E-state index < -0.39 is 0 Å². The Morgan fingerprint density at radius 3 is 2.72 bits per heavy atom. The number of hydrogen-bond donors (Lipinski definition) is 2. The van der Waals surface area contributed by atoms with Gasteiger partial charge >= 0.3 is 0 Å². The zero-order chi connectivity index (χ0) is 24.5. The number of aromatic nitrogens is 5. The van der Waals surface area contributed by atoms with Gasteiger partial charge in [-0.2, -0.15) is 10.2 Å². The van der Waals surface area contributed by atoms with Crippen molar-refractivity contribution in [1.29, 1.82) is 5.26 Å². The van der Waals surface area contributed by atoms with E-state index in [4.69, 9.17) is 9.72 Å². The quantitative estimate of drug-likeness (QED) is 0.305. The lowest BCUT2D eigenvalue weighted by atomic mass is 10.1. The number of hydrogen-bond acceptors (Lipinski definition) is 7. The van der Waals surface area contributed by atoms with Crippen molar-refractivity contribution in [1.82, 2.24) is 24.9 Å². The molecule has 0 amide bonds. The van der Waals surface area contributed by atoms with E-state index >= 15 is 0 Å². The average molecular weight is 470 g/mol. The van der Waals surface area contributed by atoms with E-state index in [1.807, 2.05) is 67.6 Å². The molecule has 0 spiro atoms. The van der Waals surface area contributed by atoms with Crippen LogP contribution in [0.4, 0.5) is 11.4 Å². The molecule has 0 unspecified atom stereocenters. The molecule has 0 bridgehead atoms. The lowest BCUT2D eigenvalue weighted by Gasteiger charge is -2.10. The largest absolute Gasteiger partial charge is 0.439 e. The summed E-state index contributed by atoms with van der Waals surface area (Å²) in [5, 5.41) is 13.6. The number of aromatic amines is 1. The lowest BCUT2D eigenvalue weighted by Crippen LogP contribution is -1.94. The third-order valence-electron chi connectivity index (χ3n) is 5.70. The summed E-state index contributed by atoms with van der Waals surface area (Å²) >= 11 is 0. The van der Waals surface area contributed by atoms with Gasteiger partial charge in [-0.1, -0.05) is 12.1 Å². The van der Waals surface area contributed by atoms with Crippen molar-refractivity contribution in [2.45, 2.75) is 6.92 Å². The van der Waals surface area contributed by atoms with Gasteiger partial charge in [0.1, 0.15) is 11.6 Å². The number of fused-ring (bicyclic) bond motifs is 2. The van der Waals surface area contributed by atoms with Crippen LogP contribution in [0.1, 0.15) is 11.3 Å². The third kappa shape index (κ3) is 4.17. The summed E-state index contributed by atoms with van der Waals surface area (Å²) in [4.78, 5) is 21.2. The highest BCUT2D eigenvalue weighted by atomic mass is 16.5. The predicted molar refractivity (Wildman–Crippen MR) is 138 cm³/mol. The topological polar surface area (TPSA) is 112 Å². The first-order chi connectivity index (χ1) is 17.6. The number of anilines is 2. The maximum Gasteiger partial charge on any atom is 0.221 e. The highest BCUT2D eigenvalue weighted by Gasteiger charge is 2.10. The van der Waals surface area contributed by atoms with E-state index in [1.54, 1.807) is 24.5 Å². The summed E-state index contributed by atoms with van der Waals surface area (Å²) in [7, 11) is 0. The van der Waals surface area contributed by atoms with Gasteiger partial charge in [0, 0.05) is 52.5 Å². The minimum atomic E-state index is 0.461. The van der Waals surface area contributed by atoms with E-state index in [0.29, 0.717) is 28.7 Å². The van der Waals surface area contributed by atoms with E-state index in [2.05, 4.69) is 31.3 Å². The smallest absolute Gasteiger partial charge is 0.221 e. The van der Waals surface area contributed by atoms with Gasteiger partial charge in [0.25, 0.3) is 0 Å². The van der Waals surface area contributed by atoms with Crippen LogP contribution in [0.2, 0.25) is 0 Å². The summed E-state index contributed by atoms with van der Waals surface area (Å²) < 4.78 is 5.88. The van der Waals surface area contributed by atoms with Crippen LogP contribution >= 0.6 is 0 Å². The highest BCUT2D eigenvalue weighted by Crippen LogP contribution is 2.29. The molecule has 172 valence electrons. The maximum absolute atomic E-state index is 9.29. The van der Waals surface area contributed by atoms with Crippen molar-refractivity contribution in [3.63, 3.8) is 0 Å². The number of imidazole rings is 1. The molecule has 8 nitrogen and oxygen atoms in total. The first kappa shape index (κ1) is 21.3. The summed E-state index contributed by atoms with van der Waals surface area (Å²) in [6.07, 6.45) is 3.45. The third-order valence-corrected chi connectivity index (χ3v) is 5.70. The fourth-order valence-electron chi connectivity index (χ4n) is 4.00. The Labute approximate surface area is 206 Å². The van der Waals surface area contributed by atoms with E-state index in [-0.39, 0.29) is 0 Å². The Morgan fingerprint density at radius 1 is 0.917 bits per heavy atom. The van der Waals surface area contributed by atoms with Crippen LogP contribution < -0.4 is 10.1 Å². The Morgan fingerprint density at radius 2 is 1.83 bits per heavy atom. The van der Waals surface area contributed by atoms with Crippen LogP contribution in [0.5, 0.6) is 11.6 Å². The van der Waals surface area contributed by atoms with Crippen molar-refractivity contribution in [3.05, 3.63) is 96.4 Å². The fraction of sp³-hybridized carbons (Fsp3) is 0.0357. The molecule has 0 saturated carbocycles. The summed E-state index contributed by atoms with van der Waals surface area (Å²) in [5.41, 5.74) is 6.31. The van der Waals surface area contributed by atoms with Crippen molar-refractivity contribution >= 4 is 33.4 Å². The minimum Gasteiger partial charge on any atom is -0.439 e. The van der Waals surface area contributed by atoms with Gasteiger partial charge in [-0.05, 0) is 55.5 Å². The van der Waals surface area contributed by atoms with Crippen LogP contribution in [0, 0.1) is 18.3 Å². The van der Waals surface area contributed by atoms with Crippen LogP contribution in [0.15, 0.2) is 85.2 Å². The maximum atomic E-state index is 9.29.